The third-order valence-electron chi connectivity index (χ3n) is 5.56. The number of carbonyl (C=O) groups is 3. The van der Waals surface area contributed by atoms with E-state index < -0.39 is 52.4 Å². The standard InChI is InChI=1S/C24H27ClN4O6/c1-6-15-12-24(15,21(32)33)28-19(30)16(14-10-8-7-9-11-14)29-13(2)17(25)26-18(20(29)31)27-22(34)35-23(3,4)5/h6-11,15-16H,1,12H2,2-5H3,(H,28,30)(H,32,33)(H,26,27,34)/t15-,16-,24-/m1/s1. The van der Waals surface area contributed by atoms with Crippen molar-refractivity contribution in [3.8, 4) is 0 Å². The summed E-state index contributed by atoms with van der Waals surface area (Å²) in [5.41, 5.74) is -2.62. The Morgan fingerprint density at radius 3 is 2.46 bits per heavy atom. The molecular formula is C24H27ClN4O6. The van der Waals surface area contributed by atoms with Gasteiger partial charge in [-0.2, -0.15) is 0 Å². The number of nitrogens with zero attached hydrogens (tertiary/aromatic N) is 2. The average Bonchev–Trinajstić information content (AvgIpc) is 3.48. The number of hydrogen-bond acceptors (Lipinski definition) is 6. The second-order valence-electron chi connectivity index (χ2n) is 9.26. The van der Waals surface area contributed by atoms with E-state index in [-0.39, 0.29) is 17.3 Å². The first-order valence-electron chi connectivity index (χ1n) is 10.8. The molecule has 2 aromatic rings. The van der Waals surface area contributed by atoms with E-state index in [4.69, 9.17) is 16.3 Å². The van der Waals surface area contributed by atoms with Crippen molar-refractivity contribution in [2.75, 3.05) is 5.32 Å². The summed E-state index contributed by atoms with van der Waals surface area (Å²) in [6, 6.07) is 7.03. The highest BCUT2D eigenvalue weighted by molar-refractivity contribution is 6.30. The van der Waals surface area contributed by atoms with Crippen LogP contribution in [0.5, 0.6) is 0 Å². The summed E-state index contributed by atoms with van der Waals surface area (Å²) in [7, 11) is 0. The smallest absolute Gasteiger partial charge is 0.413 e. The van der Waals surface area contributed by atoms with Crippen LogP contribution < -0.4 is 16.2 Å². The molecule has 2 amide bonds. The van der Waals surface area contributed by atoms with Crippen molar-refractivity contribution >= 4 is 35.4 Å². The van der Waals surface area contributed by atoms with E-state index in [1.807, 2.05) is 0 Å². The fourth-order valence-electron chi connectivity index (χ4n) is 3.74. The second kappa shape index (κ2) is 9.53. The van der Waals surface area contributed by atoms with Crippen LogP contribution in [0.25, 0.3) is 0 Å². The number of carboxylic acid groups (broad SMARTS) is 1. The molecule has 1 saturated carbocycles. The lowest BCUT2D eigenvalue weighted by Gasteiger charge is -2.25. The molecule has 10 nitrogen and oxygen atoms in total. The Labute approximate surface area is 207 Å². The zero-order valence-corrected chi connectivity index (χ0v) is 20.5. The summed E-state index contributed by atoms with van der Waals surface area (Å²) in [5, 5.41) is 14.5. The van der Waals surface area contributed by atoms with Crippen LogP contribution in [0.15, 0.2) is 47.8 Å². The fourth-order valence-corrected chi connectivity index (χ4v) is 3.92. The summed E-state index contributed by atoms with van der Waals surface area (Å²) >= 11 is 6.28. The molecule has 1 heterocycles. The third-order valence-corrected chi connectivity index (χ3v) is 5.92. The van der Waals surface area contributed by atoms with Crippen molar-refractivity contribution < 1.29 is 24.2 Å². The molecule has 0 bridgehead atoms. The average molecular weight is 503 g/mol. The topological polar surface area (TPSA) is 140 Å². The monoisotopic (exact) mass is 502 g/mol. The lowest BCUT2D eigenvalue weighted by atomic mass is 10.0. The second-order valence-corrected chi connectivity index (χ2v) is 9.62. The number of benzene rings is 1. The molecule has 3 N–H and O–H groups in total. The maximum absolute atomic E-state index is 13.6. The van der Waals surface area contributed by atoms with Gasteiger partial charge in [0.25, 0.3) is 5.56 Å². The molecule has 0 spiro atoms. The summed E-state index contributed by atoms with van der Waals surface area (Å²) in [6.07, 6.45) is 0.719. The van der Waals surface area contributed by atoms with Crippen molar-refractivity contribution in [1.29, 1.82) is 0 Å². The Bertz CT molecular complexity index is 1240. The number of rotatable bonds is 7. The Morgan fingerprint density at radius 1 is 1.31 bits per heavy atom. The summed E-state index contributed by atoms with van der Waals surface area (Å²) in [4.78, 5) is 55.2. The van der Waals surface area contributed by atoms with E-state index in [0.29, 0.717) is 5.56 Å². The molecule has 3 rings (SSSR count). The number of anilines is 1. The summed E-state index contributed by atoms with van der Waals surface area (Å²) in [5.74, 6) is -2.83. The molecule has 186 valence electrons. The van der Waals surface area contributed by atoms with Crippen LogP contribution >= 0.6 is 11.6 Å². The number of carboxylic acids is 1. The van der Waals surface area contributed by atoms with Crippen LogP contribution in [0.3, 0.4) is 0 Å². The van der Waals surface area contributed by atoms with Gasteiger partial charge in [0.2, 0.25) is 11.7 Å². The molecule has 35 heavy (non-hydrogen) atoms. The van der Waals surface area contributed by atoms with Crippen molar-refractivity contribution in [2.45, 2.75) is 51.3 Å². The molecular weight excluding hydrogens is 476 g/mol. The zero-order valence-electron chi connectivity index (χ0n) is 19.8. The van der Waals surface area contributed by atoms with Gasteiger partial charge in [0.1, 0.15) is 17.2 Å². The molecule has 0 aliphatic heterocycles. The van der Waals surface area contributed by atoms with Gasteiger partial charge >= 0.3 is 12.1 Å². The summed E-state index contributed by atoms with van der Waals surface area (Å²) in [6.45, 7) is 10.1. The molecule has 0 unspecified atom stereocenters. The lowest BCUT2D eigenvalue weighted by Crippen LogP contribution is -2.49. The van der Waals surface area contributed by atoms with Gasteiger partial charge in [-0.1, -0.05) is 48.0 Å². The van der Waals surface area contributed by atoms with Crippen LogP contribution in [0.2, 0.25) is 5.15 Å². The van der Waals surface area contributed by atoms with Gasteiger partial charge in [0, 0.05) is 5.92 Å². The molecule has 1 fully saturated rings. The molecule has 1 aliphatic carbocycles. The fraction of sp³-hybridized carbons (Fsp3) is 0.375. The van der Waals surface area contributed by atoms with Crippen molar-refractivity contribution in [2.24, 2.45) is 5.92 Å². The van der Waals surface area contributed by atoms with Gasteiger partial charge < -0.3 is 15.2 Å². The Kier molecular flexibility index (Phi) is 7.07. The van der Waals surface area contributed by atoms with Crippen LogP contribution in [-0.2, 0) is 14.3 Å². The van der Waals surface area contributed by atoms with E-state index in [0.717, 1.165) is 4.57 Å². The normalized spacial score (nSPS) is 19.9. The predicted molar refractivity (Wildman–Crippen MR) is 129 cm³/mol. The number of aliphatic carboxylic acids is 1. The SMILES string of the molecule is C=C[C@@H]1C[C@]1(NC(=O)[C@@H](c1ccccc1)n1c(C)c(Cl)nc(NC(=O)OC(C)(C)C)c1=O)C(=O)O. The zero-order chi connectivity index (χ0) is 26.1. The molecule has 0 saturated heterocycles. The maximum atomic E-state index is 13.6. The largest absolute Gasteiger partial charge is 0.479 e. The minimum Gasteiger partial charge on any atom is -0.479 e. The molecule has 1 aliphatic rings. The van der Waals surface area contributed by atoms with E-state index in [9.17, 15) is 24.3 Å². The number of carbonyl (C=O) groups excluding carboxylic acids is 2. The third kappa shape index (κ3) is 5.37. The van der Waals surface area contributed by atoms with Gasteiger partial charge in [-0.3, -0.25) is 19.5 Å². The summed E-state index contributed by atoms with van der Waals surface area (Å²) < 4.78 is 6.27. The van der Waals surface area contributed by atoms with Gasteiger partial charge in [0.05, 0.1) is 5.69 Å². The Hall–Kier alpha value is -3.66. The van der Waals surface area contributed by atoms with Gasteiger partial charge in [-0.05, 0) is 39.7 Å². The number of hydrogen-bond donors (Lipinski definition) is 3. The Balaban J connectivity index is 2.10. The van der Waals surface area contributed by atoms with Gasteiger partial charge in [-0.25, -0.2) is 14.6 Å². The number of amides is 2. The quantitative estimate of drug-likeness (QED) is 0.493. The first-order chi connectivity index (χ1) is 16.3. The van der Waals surface area contributed by atoms with Crippen LogP contribution in [0, 0.1) is 12.8 Å². The van der Waals surface area contributed by atoms with Gasteiger partial charge in [0.15, 0.2) is 5.15 Å². The molecule has 11 heteroatoms. The van der Waals surface area contributed by atoms with E-state index in [1.54, 1.807) is 51.1 Å². The van der Waals surface area contributed by atoms with E-state index in [1.165, 1.54) is 13.0 Å². The number of ether oxygens (including phenoxy) is 1. The number of nitrogens with one attached hydrogen (secondary N) is 2. The minimum absolute atomic E-state index is 0.132. The molecule has 1 aromatic carbocycles. The van der Waals surface area contributed by atoms with Gasteiger partial charge in [-0.15, -0.1) is 6.58 Å². The molecule has 3 atom stereocenters. The van der Waals surface area contributed by atoms with Crippen LogP contribution in [0.1, 0.15) is 44.5 Å². The van der Waals surface area contributed by atoms with Crippen molar-refractivity contribution in [3.05, 3.63) is 69.8 Å². The lowest BCUT2D eigenvalue weighted by molar-refractivity contribution is -0.143. The van der Waals surface area contributed by atoms with Crippen molar-refractivity contribution in [3.63, 3.8) is 0 Å². The highest BCUT2D eigenvalue weighted by Gasteiger charge is 2.60. The first-order valence-corrected chi connectivity index (χ1v) is 11.2. The van der Waals surface area contributed by atoms with E-state index >= 15 is 0 Å². The number of halogens is 1. The molecule has 1 aromatic heterocycles. The number of aromatic nitrogens is 2. The first kappa shape index (κ1) is 26.0. The van der Waals surface area contributed by atoms with Crippen molar-refractivity contribution in [1.82, 2.24) is 14.9 Å². The Morgan fingerprint density at radius 2 is 1.94 bits per heavy atom. The maximum Gasteiger partial charge on any atom is 0.413 e. The van der Waals surface area contributed by atoms with Crippen LogP contribution in [-0.4, -0.2) is 43.8 Å². The minimum atomic E-state index is -1.52. The predicted octanol–water partition coefficient (Wildman–Crippen LogP) is 3.29. The van der Waals surface area contributed by atoms with Crippen LogP contribution in [0.4, 0.5) is 10.6 Å². The highest BCUT2D eigenvalue weighted by atomic mass is 35.5. The highest BCUT2D eigenvalue weighted by Crippen LogP contribution is 2.45. The van der Waals surface area contributed by atoms with E-state index in [2.05, 4.69) is 22.2 Å². The molecule has 0 radical (unpaired) electrons.